The molecule has 1 heterocycles. The van der Waals surface area contributed by atoms with Gasteiger partial charge in [0.1, 0.15) is 6.54 Å². The van der Waals surface area contributed by atoms with Gasteiger partial charge >= 0.3 is 12.1 Å². The Morgan fingerprint density at radius 3 is 2.33 bits per heavy atom. The summed E-state index contributed by atoms with van der Waals surface area (Å²) in [6, 6.07) is 3.20. The smallest absolute Gasteiger partial charge is 0.304 e. The Kier molecular flexibility index (Phi) is 9.83. The molecule has 3 nitrogen and oxygen atoms in total. The maximum atomic E-state index is 12.8. The number of halogens is 5. The van der Waals surface area contributed by atoms with E-state index in [2.05, 4.69) is 28.7 Å². The maximum Gasteiger partial charge on any atom is 0.455 e. The molecule has 1 aromatic heterocycles. The van der Waals surface area contributed by atoms with Crippen molar-refractivity contribution in [3.05, 3.63) is 29.6 Å². The molecule has 0 atom stereocenters. The fourth-order valence-corrected chi connectivity index (χ4v) is 2.60. The first-order chi connectivity index (χ1) is 12.7. The van der Waals surface area contributed by atoms with Crippen molar-refractivity contribution in [2.45, 2.75) is 58.1 Å². The standard InChI is InChI=1S/C19H28F5N3/c1-3-27(4-2)12-8-6-5-7-9-17-13-16(10-11-26-17)14-25-15-18(20,21)19(22,23)24/h10-11,13-14H,3-9,12,15H2,1-2H3. The largest absolute Gasteiger partial charge is 0.455 e. The predicted molar refractivity (Wildman–Crippen MR) is 97.7 cm³/mol. The lowest BCUT2D eigenvalue weighted by atomic mass is 10.1. The first kappa shape index (κ1) is 23.5. The van der Waals surface area contributed by atoms with Gasteiger partial charge in [-0.05, 0) is 56.6 Å². The molecular formula is C19H28F5N3. The van der Waals surface area contributed by atoms with Crippen LogP contribution in [0.1, 0.15) is 50.8 Å². The fraction of sp³-hybridized carbons (Fsp3) is 0.684. The number of nitrogens with zero attached hydrogens (tertiary/aromatic N) is 3. The summed E-state index contributed by atoms with van der Waals surface area (Å²) in [6.07, 6.45) is 2.01. The number of alkyl halides is 5. The fourth-order valence-electron chi connectivity index (χ4n) is 2.60. The van der Waals surface area contributed by atoms with Crippen LogP contribution < -0.4 is 0 Å². The van der Waals surface area contributed by atoms with Gasteiger partial charge in [0.05, 0.1) is 0 Å². The maximum absolute atomic E-state index is 12.8. The lowest BCUT2D eigenvalue weighted by molar-refractivity contribution is -0.276. The lowest BCUT2D eigenvalue weighted by Crippen LogP contribution is -2.39. The summed E-state index contributed by atoms with van der Waals surface area (Å²) in [4.78, 5) is 9.84. The van der Waals surface area contributed by atoms with Crippen LogP contribution in [-0.2, 0) is 6.42 Å². The summed E-state index contributed by atoms with van der Waals surface area (Å²) < 4.78 is 61.9. The van der Waals surface area contributed by atoms with Gasteiger partial charge in [0, 0.05) is 18.1 Å². The zero-order chi connectivity index (χ0) is 20.3. The van der Waals surface area contributed by atoms with Crippen molar-refractivity contribution in [2.24, 2.45) is 4.99 Å². The Balaban J connectivity index is 2.38. The van der Waals surface area contributed by atoms with Crippen LogP contribution in [0.4, 0.5) is 22.0 Å². The van der Waals surface area contributed by atoms with Crippen LogP contribution in [0.3, 0.4) is 0 Å². The SMILES string of the molecule is CCN(CC)CCCCCCc1cc(C=NCC(F)(F)C(F)(F)F)ccn1. The minimum Gasteiger partial charge on any atom is -0.304 e. The topological polar surface area (TPSA) is 28.5 Å². The quantitative estimate of drug-likeness (QED) is 0.279. The summed E-state index contributed by atoms with van der Waals surface area (Å²) in [6.45, 7) is 5.90. The Morgan fingerprint density at radius 2 is 1.70 bits per heavy atom. The van der Waals surface area contributed by atoms with E-state index in [1.165, 1.54) is 12.3 Å². The number of rotatable bonds is 12. The molecule has 154 valence electrons. The van der Waals surface area contributed by atoms with Gasteiger partial charge in [0.25, 0.3) is 0 Å². The van der Waals surface area contributed by atoms with Crippen molar-refractivity contribution in [3.63, 3.8) is 0 Å². The number of aliphatic imine (C=N–C) groups is 1. The molecule has 1 rings (SSSR count). The van der Waals surface area contributed by atoms with E-state index in [0.717, 1.165) is 63.6 Å². The van der Waals surface area contributed by atoms with Crippen molar-refractivity contribution in [1.29, 1.82) is 0 Å². The normalized spacial score (nSPS) is 13.0. The monoisotopic (exact) mass is 393 g/mol. The van der Waals surface area contributed by atoms with E-state index in [4.69, 9.17) is 0 Å². The van der Waals surface area contributed by atoms with Gasteiger partial charge in [-0.3, -0.25) is 9.98 Å². The van der Waals surface area contributed by atoms with Gasteiger partial charge in [0.2, 0.25) is 0 Å². The van der Waals surface area contributed by atoms with E-state index in [1.807, 2.05) is 0 Å². The zero-order valence-electron chi connectivity index (χ0n) is 15.9. The first-order valence-electron chi connectivity index (χ1n) is 9.31. The highest BCUT2D eigenvalue weighted by atomic mass is 19.4. The van der Waals surface area contributed by atoms with Gasteiger partial charge < -0.3 is 4.90 Å². The molecule has 0 saturated heterocycles. The average molecular weight is 393 g/mol. The Labute approximate surface area is 157 Å². The Bertz CT molecular complexity index is 569. The van der Waals surface area contributed by atoms with Crippen molar-refractivity contribution in [2.75, 3.05) is 26.2 Å². The number of pyridine rings is 1. The molecule has 0 fully saturated rings. The third-order valence-electron chi connectivity index (χ3n) is 4.34. The molecule has 0 aliphatic heterocycles. The average Bonchev–Trinajstić information content (AvgIpc) is 2.60. The summed E-state index contributed by atoms with van der Waals surface area (Å²) in [5.74, 6) is -4.81. The molecule has 0 spiro atoms. The minimum absolute atomic E-state index is 0.472. The van der Waals surface area contributed by atoms with E-state index in [0.29, 0.717) is 5.56 Å². The van der Waals surface area contributed by atoms with Crippen LogP contribution in [0.15, 0.2) is 23.3 Å². The van der Waals surface area contributed by atoms with E-state index in [9.17, 15) is 22.0 Å². The molecule has 0 aromatic carbocycles. The van der Waals surface area contributed by atoms with Gasteiger partial charge in [0.15, 0.2) is 0 Å². The molecule has 0 unspecified atom stereocenters. The van der Waals surface area contributed by atoms with Crippen LogP contribution in [0, 0.1) is 0 Å². The molecule has 27 heavy (non-hydrogen) atoms. The van der Waals surface area contributed by atoms with Crippen molar-refractivity contribution >= 4 is 6.21 Å². The molecular weight excluding hydrogens is 365 g/mol. The number of aryl methyl sites for hydroxylation is 1. The van der Waals surface area contributed by atoms with Crippen LogP contribution in [0.5, 0.6) is 0 Å². The third kappa shape index (κ3) is 8.77. The van der Waals surface area contributed by atoms with Gasteiger partial charge in [-0.2, -0.15) is 22.0 Å². The van der Waals surface area contributed by atoms with Crippen molar-refractivity contribution in [3.8, 4) is 0 Å². The summed E-state index contributed by atoms with van der Waals surface area (Å²) in [5, 5.41) is 0. The van der Waals surface area contributed by atoms with Crippen LogP contribution in [0.2, 0.25) is 0 Å². The van der Waals surface area contributed by atoms with Gasteiger partial charge in [-0.15, -0.1) is 0 Å². The molecule has 0 saturated carbocycles. The minimum atomic E-state index is -5.58. The molecule has 0 N–H and O–H groups in total. The van der Waals surface area contributed by atoms with E-state index < -0.39 is 18.6 Å². The molecule has 0 radical (unpaired) electrons. The molecule has 0 amide bonds. The molecule has 0 aliphatic rings. The second-order valence-electron chi connectivity index (χ2n) is 6.44. The van der Waals surface area contributed by atoms with Crippen LogP contribution in [-0.4, -0.2) is 54.4 Å². The van der Waals surface area contributed by atoms with Crippen molar-refractivity contribution in [1.82, 2.24) is 9.88 Å². The zero-order valence-corrected chi connectivity index (χ0v) is 15.9. The lowest BCUT2D eigenvalue weighted by Gasteiger charge is -2.17. The number of hydrogen-bond donors (Lipinski definition) is 0. The van der Waals surface area contributed by atoms with E-state index >= 15 is 0 Å². The molecule has 1 aromatic rings. The molecule has 0 bridgehead atoms. The van der Waals surface area contributed by atoms with Crippen LogP contribution in [0.25, 0.3) is 0 Å². The molecule has 8 heteroatoms. The molecule has 0 aliphatic carbocycles. The second kappa shape index (κ2) is 11.3. The highest BCUT2D eigenvalue weighted by Gasteiger charge is 2.57. The highest BCUT2D eigenvalue weighted by molar-refractivity contribution is 5.79. The third-order valence-corrected chi connectivity index (χ3v) is 4.34. The Morgan fingerprint density at radius 1 is 1.04 bits per heavy atom. The number of hydrogen-bond acceptors (Lipinski definition) is 3. The number of unbranched alkanes of at least 4 members (excludes halogenated alkanes) is 3. The Hall–Kier alpha value is -1.57. The second-order valence-corrected chi connectivity index (χ2v) is 6.44. The van der Waals surface area contributed by atoms with Gasteiger partial charge in [-0.1, -0.05) is 26.7 Å². The van der Waals surface area contributed by atoms with Gasteiger partial charge in [-0.25, -0.2) is 0 Å². The van der Waals surface area contributed by atoms with Crippen LogP contribution >= 0.6 is 0 Å². The van der Waals surface area contributed by atoms with E-state index in [-0.39, 0.29) is 0 Å². The highest BCUT2D eigenvalue weighted by Crippen LogP contribution is 2.35. The summed E-state index contributed by atoms with van der Waals surface area (Å²) >= 11 is 0. The van der Waals surface area contributed by atoms with E-state index in [1.54, 1.807) is 6.07 Å². The number of aromatic nitrogens is 1. The van der Waals surface area contributed by atoms with Crippen molar-refractivity contribution < 1.29 is 22.0 Å². The predicted octanol–water partition coefficient (Wildman–Crippen LogP) is 5.14. The summed E-state index contributed by atoms with van der Waals surface area (Å²) in [5.41, 5.74) is 1.25. The first-order valence-corrected chi connectivity index (χ1v) is 9.31. The summed E-state index contributed by atoms with van der Waals surface area (Å²) in [7, 11) is 0.